The lowest BCUT2D eigenvalue weighted by Gasteiger charge is -2.28. The third-order valence-corrected chi connectivity index (χ3v) is 5.70. The molecular formula is C14H14BrClN2S. The Morgan fingerprint density at radius 2 is 1.84 bits per heavy atom. The van der Waals surface area contributed by atoms with Gasteiger partial charge in [-0.1, -0.05) is 47.9 Å². The monoisotopic (exact) mass is 356 g/mol. The van der Waals surface area contributed by atoms with E-state index in [0.29, 0.717) is 5.13 Å². The third kappa shape index (κ3) is 2.30. The normalized spacial score (nSPS) is 17.8. The summed E-state index contributed by atoms with van der Waals surface area (Å²) in [5, 5.41) is 1.40. The first-order chi connectivity index (χ1) is 9.12. The Hall–Kier alpha value is -0.580. The topological polar surface area (TPSA) is 38.9 Å². The molecule has 2 aromatic rings. The molecular weight excluding hydrogens is 344 g/mol. The largest absolute Gasteiger partial charge is 0.375 e. The summed E-state index contributed by atoms with van der Waals surface area (Å²) in [4.78, 5) is 4.58. The van der Waals surface area contributed by atoms with Gasteiger partial charge in [0.2, 0.25) is 0 Å². The zero-order chi connectivity index (χ0) is 13.5. The van der Waals surface area contributed by atoms with Gasteiger partial charge in [0.1, 0.15) is 0 Å². The first-order valence-corrected chi connectivity index (χ1v) is 8.29. The average Bonchev–Trinajstić information content (AvgIpc) is 2.98. The van der Waals surface area contributed by atoms with E-state index in [2.05, 4.69) is 33.0 Å². The molecule has 5 heteroatoms. The molecule has 2 N–H and O–H groups in total. The van der Waals surface area contributed by atoms with Gasteiger partial charge in [-0.05, 0) is 46.5 Å². The molecule has 1 aromatic heterocycles. The van der Waals surface area contributed by atoms with Crippen LogP contribution in [0.2, 0.25) is 5.02 Å². The summed E-state index contributed by atoms with van der Waals surface area (Å²) in [6.07, 6.45) is 4.70. The Labute approximate surface area is 130 Å². The number of hydrogen-bond acceptors (Lipinski definition) is 3. The van der Waals surface area contributed by atoms with E-state index < -0.39 is 0 Å². The number of halogens is 2. The minimum atomic E-state index is -0.00244. The fraction of sp³-hybridized carbons (Fsp3) is 0.357. The van der Waals surface area contributed by atoms with Gasteiger partial charge in [0.05, 0.1) is 9.48 Å². The predicted molar refractivity (Wildman–Crippen MR) is 84.9 cm³/mol. The number of anilines is 1. The lowest BCUT2D eigenvalue weighted by molar-refractivity contribution is 0.519. The van der Waals surface area contributed by atoms with Crippen LogP contribution in [0.4, 0.5) is 5.13 Å². The zero-order valence-electron chi connectivity index (χ0n) is 10.3. The van der Waals surface area contributed by atoms with Crippen LogP contribution < -0.4 is 5.73 Å². The van der Waals surface area contributed by atoms with E-state index in [1.54, 1.807) is 0 Å². The van der Waals surface area contributed by atoms with Crippen molar-refractivity contribution in [2.45, 2.75) is 31.1 Å². The highest BCUT2D eigenvalue weighted by Crippen LogP contribution is 2.49. The van der Waals surface area contributed by atoms with Gasteiger partial charge in [0, 0.05) is 10.4 Å². The number of nitrogen functional groups attached to an aromatic ring is 1. The van der Waals surface area contributed by atoms with Gasteiger partial charge < -0.3 is 5.73 Å². The molecule has 0 atom stereocenters. The Morgan fingerprint density at radius 3 is 2.37 bits per heavy atom. The maximum Gasteiger partial charge on any atom is 0.181 e. The molecule has 0 spiro atoms. The molecule has 1 heterocycles. The Morgan fingerprint density at radius 1 is 1.21 bits per heavy atom. The van der Waals surface area contributed by atoms with Crippen molar-refractivity contribution < 1.29 is 0 Å². The molecule has 0 aliphatic heterocycles. The highest BCUT2D eigenvalue weighted by atomic mass is 79.9. The van der Waals surface area contributed by atoms with Crippen LogP contribution in [-0.2, 0) is 5.41 Å². The molecule has 0 radical (unpaired) electrons. The third-order valence-electron chi connectivity index (χ3n) is 3.91. The lowest BCUT2D eigenvalue weighted by Crippen LogP contribution is -2.24. The van der Waals surface area contributed by atoms with Gasteiger partial charge in [0.25, 0.3) is 0 Å². The van der Waals surface area contributed by atoms with Gasteiger partial charge in [-0.25, -0.2) is 4.98 Å². The number of nitrogens with two attached hydrogens (primary N) is 1. The van der Waals surface area contributed by atoms with Gasteiger partial charge in [-0.15, -0.1) is 0 Å². The predicted octanol–water partition coefficient (Wildman–Crippen LogP) is 5.00. The van der Waals surface area contributed by atoms with Crippen molar-refractivity contribution in [1.82, 2.24) is 4.98 Å². The zero-order valence-corrected chi connectivity index (χ0v) is 13.5. The number of rotatable bonds is 2. The number of nitrogens with zero attached hydrogens (tertiary/aromatic N) is 1. The minimum Gasteiger partial charge on any atom is -0.375 e. The molecule has 1 fully saturated rings. The molecule has 2 nitrogen and oxygen atoms in total. The van der Waals surface area contributed by atoms with Crippen LogP contribution >= 0.6 is 38.9 Å². The van der Waals surface area contributed by atoms with E-state index in [0.717, 1.165) is 27.3 Å². The van der Waals surface area contributed by atoms with Crippen LogP contribution in [0.25, 0.3) is 0 Å². The molecule has 0 bridgehead atoms. The second-order valence-corrected chi connectivity index (χ2v) is 7.76. The van der Waals surface area contributed by atoms with E-state index >= 15 is 0 Å². The van der Waals surface area contributed by atoms with Crippen molar-refractivity contribution in [1.29, 1.82) is 0 Å². The van der Waals surface area contributed by atoms with Gasteiger partial charge in [-0.2, -0.15) is 0 Å². The Bertz CT molecular complexity index is 588. The first kappa shape index (κ1) is 13.4. The average molecular weight is 358 g/mol. The van der Waals surface area contributed by atoms with E-state index in [9.17, 15) is 0 Å². The molecule has 1 aliphatic carbocycles. The SMILES string of the molecule is Nc1nc(C2(c3ccc(Cl)cc3)CCCC2)c(Br)s1. The molecule has 0 unspecified atom stereocenters. The van der Waals surface area contributed by atoms with Gasteiger partial charge >= 0.3 is 0 Å². The van der Waals surface area contributed by atoms with Crippen LogP contribution in [0.5, 0.6) is 0 Å². The van der Waals surface area contributed by atoms with Crippen LogP contribution in [0.3, 0.4) is 0 Å². The van der Waals surface area contributed by atoms with E-state index in [-0.39, 0.29) is 5.41 Å². The van der Waals surface area contributed by atoms with Crippen molar-refractivity contribution in [3.05, 3.63) is 44.3 Å². The highest BCUT2D eigenvalue weighted by molar-refractivity contribution is 9.11. The van der Waals surface area contributed by atoms with Crippen molar-refractivity contribution in [2.75, 3.05) is 5.73 Å². The van der Waals surface area contributed by atoms with Crippen LogP contribution in [0.1, 0.15) is 36.9 Å². The van der Waals surface area contributed by atoms with E-state index in [1.165, 1.54) is 29.7 Å². The summed E-state index contributed by atoms with van der Waals surface area (Å²) in [6.45, 7) is 0. The van der Waals surface area contributed by atoms with Crippen LogP contribution in [0.15, 0.2) is 28.1 Å². The van der Waals surface area contributed by atoms with Crippen molar-refractivity contribution in [3.8, 4) is 0 Å². The Balaban J connectivity index is 2.14. The van der Waals surface area contributed by atoms with Gasteiger partial charge in [-0.3, -0.25) is 0 Å². The van der Waals surface area contributed by atoms with E-state index in [4.69, 9.17) is 17.3 Å². The molecule has 0 amide bonds. The molecule has 3 rings (SSSR count). The van der Waals surface area contributed by atoms with Crippen LogP contribution in [0, 0.1) is 0 Å². The summed E-state index contributed by atoms with van der Waals surface area (Å²) in [5.74, 6) is 0. The highest BCUT2D eigenvalue weighted by Gasteiger charge is 2.41. The van der Waals surface area contributed by atoms with Crippen molar-refractivity contribution in [3.63, 3.8) is 0 Å². The number of thiazole rings is 1. The molecule has 1 saturated carbocycles. The molecule has 1 aromatic carbocycles. The fourth-order valence-corrected chi connectivity index (χ4v) is 4.77. The smallest absolute Gasteiger partial charge is 0.181 e. The van der Waals surface area contributed by atoms with Gasteiger partial charge in [0.15, 0.2) is 5.13 Å². The first-order valence-electron chi connectivity index (χ1n) is 6.30. The fourth-order valence-electron chi connectivity index (χ4n) is 3.02. The molecule has 0 saturated heterocycles. The van der Waals surface area contributed by atoms with E-state index in [1.807, 2.05) is 12.1 Å². The molecule has 19 heavy (non-hydrogen) atoms. The molecule has 100 valence electrons. The number of aromatic nitrogens is 1. The summed E-state index contributed by atoms with van der Waals surface area (Å²) in [6, 6.07) is 8.16. The lowest BCUT2D eigenvalue weighted by atomic mass is 9.76. The molecule has 1 aliphatic rings. The quantitative estimate of drug-likeness (QED) is 0.821. The maximum atomic E-state index is 6.00. The van der Waals surface area contributed by atoms with Crippen molar-refractivity contribution >= 4 is 44.0 Å². The minimum absolute atomic E-state index is 0.00244. The second-order valence-electron chi connectivity index (χ2n) is 4.97. The summed E-state index contributed by atoms with van der Waals surface area (Å²) < 4.78 is 1.06. The standard InChI is InChI=1S/C14H14BrClN2S/c15-12-11(18-13(17)19-12)14(7-1-2-8-14)9-3-5-10(16)6-4-9/h3-6H,1-2,7-8H2,(H2,17,18). The summed E-state index contributed by atoms with van der Waals surface area (Å²) >= 11 is 11.1. The number of hydrogen-bond donors (Lipinski definition) is 1. The second kappa shape index (κ2) is 5.08. The summed E-state index contributed by atoms with van der Waals surface area (Å²) in [5.41, 5.74) is 8.25. The summed E-state index contributed by atoms with van der Waals surface area (Å²) in [7, 11) is 0. The van der Waals surface area contributed by atoms with Crippen molar-refractivity contribution in [2.24, 2.45) is 0 Å². The maximum absolute atomic E-state index is 6.00. The number of benzene rings is 1. The Kier molecular flexibility index (Phi) is 3.58. The van der Waals surface area contributed by atoms with Crippen LogP contribution in [-0.4, -0.2) is 4.98 Å².